The Morgan fingerprint density at radius 2 is 1.74 bits per heavy atom. The third kappa shape index (κ3) is 3.48. The summed E-state index contributed by atoms with van der Waals surface area (Å²) in [6.07, 6.45) is 0. The van der Waals surface area contributed by atoms with Crippen LogP contribution in [0.1, 0.15) is 21.8 Å². The summed E-state index contributed by atoms with van der Waals surface area (Å²) in [5, 5.41) is 10.5. The van der Waals surface area contributed by atoms with Crippen molar-refractivity contribution in [3.63, 3.8) is 0 Å². The highest BCUT2D eigenvalue weighted by Gasteiger charge is 2.14. The molecular weight excluding hydrogens is 344 g/mol. The van der Waals surface area contributed by atoms with Crippen molar-refractivity contribution in [2.45, 2.75) is 13.8 Å². The molecule has 1 N–H and O–H groups in total. The summed E-state index contributed by atoms with van der Waals surface area (Å²) in [6.45, 7) is 3.72. The molecule has 4 rings (SSSR count). The molecule has 134 valence electrons. The zero-order valence-electron chi connectivity index (χ0n) is 14.8. The molecule has 0 aliphatic carbocycles. The lowest BCUT2D eigenvalue weighted by Crippen LogP contribution is -2.12. The molecule has 27 heavy (non-hydrogen) atoms. The van der Waals surface area contributed by atoms with E-state index in [-0.39, 0.29) is 11.6 Å². The molecule has 0 aliphatic heterocycles. The molecule has 0 radical (unpaired) electrons. The van der Waals surface area contributed by atoms with E-state index in [4.69, 9.17) is 9.05 Å². The molecule has 0 fully saturated rings. The van der Waals surface area contributed by atoms with Crippen molar-refractivity contribution in [1.29, 1.82) is 0 Å². The largest absolute Gasteiger partial charge is 0.361 e. The Bertz CT molecular complexity index is 1100. The maximum absolute atomic E-state index is 12.1. The Balaban J connectivity index is 1.51. The Morgan fingerprint density at radius 1 is 0.963 bits per heavy atom. The number of carbonyl (C=O) groups excluding carboxylic acids is 1. The average molecular weight is 360 g/mol. The zero-order valence-corrected chi connectivity index (χ0v) is 14.8. The molecule has 2 aromatic heterocycles. The number of carbonyl (C=O) groups is 1. The van der Waals surface area contributed by atoms with Crippen molar-refractivity contribution in [2.24, 2.45) is 0 Å². The molecule has 0 spiro atoms. The molecule has 2 aromatic carbocycles. The van der Waals surface area contributed by atoms with Gasteiger partial charge in [0.15, 0.2) is 5.69 Å². The van der Waals surface area contributed by atoms with Crippen LogP contribution in [0.4, 0.5) is 5.69 Å². The van der Waals surface area contributed by atoms with E-state index in [9.17, 15) is 4.79 Å². The molecule has 0 saturated carbocycles. The highest BCUT2D eigenvalue weighted by Crippen LogP contribution is 2.25. The summed E-state index contributed by atoms with van der Waals surface area (Å²) in [5.41, 5.74) is 3.62. The fraction of sp³-hybridized carbons (Fsp3) is 0.100. The lowest BCUT2D eigenvalue weighted by molar-refractivity contribution is 0.101. The fourth-order valence-electron chi connectivity index (χ4n) is 2.63. The first-order valence-electron chi connectivity index (χ1n) is 8.35. The van der Waals surface area contributed by atoms with E-state index in [0.717, 1.165) is 16.7 Å². The Kier molecular flexibility index (Phi) is 4.25. The zero-order chi connectivity index (χ0) is 18.8. The number of aryl methyl sites for hydroxylation is 2. The number of aromatic nitrogens is 3. The third-order valence-electron chi connectivity index (χ3n) is 4.06. The molecule has 4 aromatic rings. The van der Waals surface area contributed by atoms with Crippen molar-refractivity contribution >= 4 is 11.6 Å². The first kappa shape index (κ1) is 16.7. The second-order valence-electron chi connectivity index (χ2n) is 6.09. The van der Waals surface area contributed by atoms with Gasteiger partial charge in [0.1, 0.15) is 5.76 Å². The molecule has 1 amide bonds. The van der Waals surface area contributed by atoms with Gasteiger partial charge in [0, 0.05) is 22.9 Å². The van der Waals surface area contributed by atoms with Crippen LogP contribution in [0.5, 0.6) is 0 Å². The van der Waals surface area contributed by atoms with Crippen molar-refractivity contribution in [2.75, 3.05) is 5.32 Å². The minimum atomic E-state index is -0.332. The van der Waals surface area contributed by atoms with Crippen molar-refractivity contribution in [3.05, 3.63) is 71.6 Å². The van der Waals surface area contributed by atoms with Crippen molar-refractivity contribution < 1.29 is 13.8 Å². The maximum Gasteiger partial charge on any atom is 0.277 e. The number of nitrogens with zero attached hydrogens (tertiary/aromatic N) is 3. The van der Waals surface area contributed by atoms with Crippen LogP contribution in [0.15, 0.2) is 63.6 Å². The number of amides is 1. The smallest absolute Gasteiger partial charge is 0.277 e. The van der Waals surface area contributed by atoms with E-state index in [2.05, 4.69) is 20.6 Å². The molecule has 0 saturated heterocycles. The van der Waals surface area contributed by atoms with Gasteiger partial charge < -0.3 is 14.4 Å². The molecule has 0 bridgehead atoms. The number of rotatable bonds is 4. The number of benzene rings is 2. The standard InChI is InChI=1S/C20H16N4O3/c1-12-5-3-4-6-16(12)20-22-18(24-27-20)14-7-9-15(10-8-14)21-19(25)17-11-13(2)26-23-17/h3-11H,1-2H3,(H,21,25). The van der Waals surface area contributed by atoms with E-state index in [1.165, 1.54) is 0 Å². The number of nitrogens with one attached hydrogen (secondary N) is 1. The molecule has 0 aliphatic rings. The van der Waals surface area contributed by atoms with E-state index < -0.39 is 0 Å². The van der Waals surface area contributed by atoms with Crippen LogP contribution in [0.2, 0.25) is 0 Å². The first-order valence-corrected chi connectivity index (χ1v) is 8.35. The van der Waals surface area contributed by atoms with E-state index in [1.54, 1.807) is 25.1 Å². The summed E-state index contributed by atoms with van der Waals surface area (Å²) in [5.74, 6) is 1.21. The second-order valence-corrected chi connectivity index (χ2v) is 6.09. The normalized spacial score (nSPS) is 10.7. The molecule has 0 atom stereocenters. The Morgan fingerprint density at radius 3 is 2.44 bits per heavy atom. The third-order valence-corrected chi connectivity index (χ3v) is 4.06. The van der Waals surface area contributed by atoms with E-state index in [0.29, 0.717) is 23.2 Å². The average Bonchev–Trinajstić information content (AvgIpc) is 3.32. The van der Waals surface area contributed by atoms with Gasteiger partial charge in [-0.1, -0.05) is 28.5 Å². The SMILES string of the molecule is Cc1cc(C(=O)Nc2ccc(-c3noc(-c4ccccc4C)n3)cc2)no1. The topological polar surface area (TPSA) is 94.1 Å². The minimum Gasteiger partial charge on any atom is -0.361 e. The molecular formula is C20H16N4O3. The van der Waals surface area contributed by atoms with Gasteiger partial charge in [0.05, 0.1) is 0 Å². The lowest BCUT2D eigenvalue weighted by atomic mass is 10.1. The fourth-order valence-corrected chi connectivity index (χ4v) is 2.63. The summed E-state index contributed by atoms with van der Waals surface area (Å²) < 4.78 is 10.3. The summed E-state index contributed by atoms with van der Waals surface area (Å²) >= 11 is 0. The van der Waals surface area contributed by atoms with Crippen LogP contribution in [0, 0.1) is 13.8 Å². The molecule has 2 heterocycles. The van der Waals surface area contributed by atoms with Gasteiger partial charge in [0.2, 0.25) is 5.82 Å². The van der Waals surface area contributed by atoms with Gasteiger partial charge in [-0.25, -0.2) is 0 Å². The predicted octanol–water partition coefficient (Wildman–Crippen LogP) is 4.26. The first-order chi connectivity index (χ1) is 13.1. The van der Waals surface area contributed by atoms with Gasteiger partial charge in [-0.15, -0.1) is 0 Å². The van der Waals surface area contributed by atoms with Gasteiger partial charge in [-0.2, -0.15) is 4.98 Å². The monoisotopic (exact) mass is 360 g/mol. The van der Waals surface area contributed by atoms with Crippen molar-refractivity contribution in [3.8, 4) is 22.8 Å². The minimum absolute atomic E-state index is 0.234. The van der Waals surface area contributed by atoms with Crippen LogP contribution in [-0.4, -0.2) is 21.2 Å². The number of hydrogen-bond donors (Lipinski definition) is 1. The van der Waals surface area contributed by atoms with E-state index >= 15 is 0 Å². The van der Waals surface area contributed by atoms with Crippen LogP contribution in [-0.2, 0) is 0 Å². The quantitative estimate of drug-likeness (QED) is 0.584. The molecule has 7 heteroatoms. The van der Waals surface area contributed by atoms with Gasteiger partial charge in [0.25, 0.3) is 11.8 Å². The predicted molar refractivity (Wildman–Crippen MR) is 99.1 cm³/mol. The number of hydrogen-bond acceptors (Lipinski definition) is 6. The van der Waals surface area contributed by atoms with Gasteiger partial charge in [-0.3, -0.25) is 4.79 Å². The Hall–Kier alpha value is -3.74. The molecule has 7 nitrogen and oxygen atoms in total. The Labute approximate surface area is 155 Å². The van der Waals surface area contributed by atoms with Crippen LogP contribution in [0.3, 0.4) is 0 Å². The highest BCUT2D eigenvalue weighted by atomic mass is 16.5. The van der Waals surface area contributed by atoms with Gasteiger partial charge >= 0.3 is 0 Å². The summed E-state index contributed by atoms with van der Waals surface area (Å²) in [6, 6.07) is 16.6. The van der Waals surface area contributed by atoms with E-state index in [1.807, 2.05) is 43.3 Å². The summed E-state index contributed by atoms with van der Waals surface area (Å²) in [7, 11) is 0. The van der Waals surface area contributed by atoms with Gasteiger partial charge in [-0.05, 0) is 49.7 Å². The highest BCUT2D eigenvalue weighted by molar-refractivity contribution is 6.02. The second kappa shape index (κ2) is 6.87. The van der Waals surface area contributed by atoms with Crippen LogP contribution < -0.4 is 5.32 Å². The van der Waals surface area contributed by atoms with Crippen molar-refractivity contribution in [1.82, 2.24) is 15.3 Å². The summed E-state index contributed by atoms with van der Waals surface area (Å²) in [4.78, 5) is 16.6. The van der Waals surface area contributed by atoms with Crippen LogP contribution in [0.25, 0.3) is 22.8 Å². The molecule has 0 unspecified atom stereocenters. The van der Waals surface area contributed by atoms with Crippen LogP contribution >= 0.6 is 0 Å². The lowest BCUT2D eigenvalue weighted by Gasteiger charge is -2.03. The maximum atomic E-state index is 12.1. The number of anilines is 1.